The van der Waals surface area contributed by atoms with E-state index < -0.39 is 5.91 Å². The maximum atomic E-state index is 12.3. The topological polar surface area (TPSA) is 93.5 Å². The van der Waals surface area contributed by atoms with Crippen LogP contribution in [0.1, 0.15) is 25.7 Å². The largest absolute Gasteiger partial charge is 0.484 e. The van der Waals surface area contributed by atoms with Crippen molar-refractivity contribution < 1.29 is 14.3 Å². The lowest BCUT2D eigenvalue weighted by molar-refractivity contribution is -0.129. The predicted molar refractivity (Wildman–Crippen MR) is 96.6 cm³/mol. The molecule has 2 aliphatic rings. The number of ether oxygens (including phenoxy) is 1. The highest BCUT2D eigenvalue weighted by Crippen LogP contribution is 2.35. The maximum absolute atomic E-state index is 12.3. The average Bonchev–Trinajstić information content (AvgIpc) is 2.59. The third kappa shape index (κ3) is 4.78. The number of amides is 2. The first-order valence-electron chi connectivity index (χ1n) is 8.70. The second-order valence-corrected chi connectivity index (χ2v) is 7.50. The Kier molecular flexibility index (Phi) is 5.68. The van der Waals surface area contributed by atoms with Gasteiger partial charge < -0.3 is 21.1 Å². The summed E-state index contributed by atoms with van der Waals surface area (Å²) >= 11 is 6.28. The Labute approximate surface area is 152 Å². The van der Waals surface area contributed by atoms with Crippen LogP contribution in [0.25, 0.3) is 0 Å². The number of hydrogen-bond donors (Lipinski definition) is 3. The number of primary amides is 1. The van der Waals surface area contributed by atoms with Gasteiger partial charge in [-0.25, -0.2) is 0 Å². The minimum Gasteiger partial charge on any atom is -0.484 e. The van der Waals surface area contributed by atoms with Gasteiger partial charge in [0.15, 0.2) is 6.61 Å². The average molecular weight is 366 g/mol. The molecule has 6 nitrogen and oxygen atoms in total. The van der Waals surface area contributed by atoms with Crippen molar-refractivity contribution in [2.24, 2.45) is 17.6 Å². The lowest BCUT2D eigenvalue weighted by Gasteiger charge is -2.41. The van der Waals surface area contributed by atoms with E-state index in [9.17, 15) is 9.59 Å². The number of fused-ring (bicyclic) bond motifs is 1. The monoisotopic (exact) mass is 365 g/mol. The molecule has 0 aromatic heterocycles. The molecular formula is C18H24ClN3O3. The Morgan fingerprint density at radius 3 is 2.76 bits per heavy atom. The fourth-order valence-corrected chi connectivity index (χ4v) is 4.03. The molecule has 2 fully saturated rings. The summed E-state index contributed by atoms with van der Waals surface area (Å²) in [5, 5.41) is 6.70. The van der Waals surface area contributed by atoms with E-state index in [1.807, 2.05) is 12.1 Å². The normalized spacial score (nSPS) is 28.6. The Hall–Kier alpha value is -1.95. The van der Waals surface area contributed by atoms with Crippen LogP contribution in [-0.4, -0.2) is 36.4 Å². The Morgan fingerprint density at radius 2 is 2.04 bits per heavy atom. The molecule has 4 unspecified atom stereocenters. The summed E-state index contributed by atoms with van der Waals surface area (Å²) in [4.78, 5) is 23.0. The van der Waals surface area contributed by atoms with Crippen molar-refractivity contribution >= 4 is 29.1 Å². The SMILES string of the molecule is NC(=O)COc1ccc(NCC2CC3CC(Cl)CCC3NC2=O)cc1. The minimum absolute atomic E-state index is 0.0472. The lowest BCUT2D eigenvalue weighted by atomic mass is 9.75. The van der Waals surface area contributed by atoms with Gasteiger partial charge in [-0.05, 0) is 55.9 Å². The molecule has 1 heterocycles. The van der Waals surface area contributed by atoms with Crippen molar-refractivity contribution in [3.05, 3.63) is 24.3 Å². The molecule has 1 aromatic rings. The zero-order chi connectivity index (χ0) is 17.8. The van der Waals surface area contributed by atoms with Crippen molar-refractivity contribution in [1.29, 1.82) is 0 Å². The molecule has 3 rings (SSSR count). The number of hydrogen-bond acceptors (Lipinski definition) is 4. The molecule has 136 valence electrons. The fourth-order valence-electron chi connectivity index (χ4n) is 3.67. The molecule has 4 N–H and O–H groups in total. The number of halogens is 1. The molecule has 1 aliphatic heterocycles. The van der Waals surface area contributed by atoms with Crippen LogP contribution < -0.4 is 21.1 Å². The first-order chi connectivity index (χ1) is 12.0. The van der Waals surface area contributed by atoms with Gasteiger partial charge in [0.1, 0.15) is 5.75 Å². The highest BCUT2D eigenvalue weighted by molar-refractivity contribution is 6.20. The van der Waals surface area contributed by atoms with Crippen molar-refractivity contribution in [3.8, 4) is 5.75 Å². The molecule has 7 heteroatoms. The van der Waals surface area contributed by atoms with E-state index in [1.165, 1.54) is 0 Å². The highest BCUT2D eigenvalue weighted by Gasteiger charge is 2.38. The summed E-state index contributed by atoms with van der Waals surface area (Å²) in [6.07, 6.45) is 3.83. The van der Waals surface area contributed by atoms with Crippen LogP contribution in [0, 0.1) is 11.8 Å². The van der Waals surface area contributed by atoms with Gasteiger partial charge in [0.25, 0.3) is 5.91 Å². The third-order valence-corrected chi connectivity index (χ3v) is 5.39. The zero-order valence-electron chi connectivity index (χ0n) is 14.0. The van der Waals surface area contributed by atoms with Gasteiger partial charge in [-0.3, -0.25) is 9.59 Å². The lowest BCUT2D eigenvalue weighted by Crippen LogP contribution is -2.53. The van der Waals surface area contributed by atoms with Gasteiger partial charge in [0.05, 0.1) is 5.92 Å². The van der Waals surface area contributed by atoms with Gasteiger partial charge in [0.2, 0.25) is 5.91 Å². The van der Waals surface area contributed by atoms with Gasteiger partial charge >= 0.3 is 0 Å². The Morgan fingerprint density at radius 1 is 1.28 bits per heavy atom. The van der Waals surface area contributed by atoms with E-state index in [1.54, 1.807) is 12.1 Å². The summed E-state index contributed by atoms with van der Waals surface area (Å²) in [6.45, 7) is 0.447. The zero-order valence-corrected chi connectivity index (χ0v) is 14.8. The summed E-state index contributed by atoms with van der Waals surface area (Å²) in [7, 11) is 0. The molecular weight excluding hydrogens is 342 g/mol. The van der Waals surface area contributed by atoms with E-state index in [4.69, 9.17) is 22.1 Å². The van der Waals surface area contributed by atoms with Crippen LogP contribution in [0.2, 0.25) is 0 Å². The van der Waals surface area contributed by atoms with Crippen LogP contribution in [0.3, 0.4) is 0 Å². The molecule has 0 spiro atoms. The predicted octanol–water partition coefficient (Wildman–Crippen LogP) is 1.87. The van der Waals surface area contributed by atoms with Crippen LogP contribution >= 0.6 is 11.6 Å². The number of carbonyl (C=O) groups excluding carboxylic acids is 2. The molecule has 4 atom stereocenters. The van der Waals surface area contributed by atoms with Crippen LogP contribution in [0.15, 0.2) is 24.3 Å². The summed E-state index contributed by atoms with van der Waals surface area (Å²) in [6, 6.07) is 7.54. The highest BCUT2D eigenvalue weighted by atomic mass is 35.5. The fraction of sp³-hybridized carbons (Fsp3) is 0.556. The van der Waals surface area contributed by atoms with Crippen LogP contribution in [0.5, 0.6) is 5.75 Å². The number of nitrogens with two attached hydrogens (primary N) is 1. The van der Waals surface area contributed by atoms with Gasteiger partial charge in [-0.1, -0.05) is 0 Å². The molecule has 0 bridgehead atoms. The molecule has 1 saturated carbocycles. The number of anilines is 1. The van der Waals surface area contributed by atoms with Crippen molar-refractivity contribution in [1.82, 2.24) is 5.32 Å². The van der Waals surface area contributed by atoms with Crippen LogP contribution in [0.4, 0.5) is 5.69 Å². The van der Waals surface area contributed by atoms with Gasteiger partial charge in [-0.2, -0.15) is 0 Å². The van der Waals surface area contributed by atoms with E-state index in [-0.39, 0.29) is 23.8 Å². The number of nitrogens with one attached hydrogen (secondary N) is 2. The molecule has 0 radical (unpaired) electrons. The van der Waals surface area contributed by atoms with E-state index >= 15 is 0 Å². The van der Waals surface area contributed by atoms with E-state index in [0.29, 0.717) is 24.3 Å². The number of rotatable bonds is 6. The Bertz CT molecular complexity index is 622. The maximum Gasteiger partial charge on any atom is 0.255 e. The standard InChI is InChI=1S/C18H24ClN3O3/c19-13-1-6-16-11(8-13)7-12(18(24)22-16)9-21-14-2-4-15(5-3-14)25-10-17(20)23/h2-5,11-13,16,21H,1,6-10H2,(H2,20,23)(H,22,24). The van der Waals surface area contributed by atoms with Gasteiger partial charge in [-0.15, -0.1) is 11.6 Å². The van der Waals surface area contributed by atoms with Crippen molar-refractivity contribution in [3.63, 3.8) is 0 Å². The minimum atomic E-state index is -0.509. The number of alkyl halides is 1. The number of carbonyl (C=O) groups is 2. The molecule has 1 saturated heterocycles. The molecule has 2 amide bonds. The summed E-state index contributed by atoms with van der Waals surface area (Å²) in [5.41, 5.74) is 5.95. The second-order valence-electron chi connectivity index (χ2n) is 6.88. The molecule has 1 aromatic carbocycles. The van der Waals surface area contributed by atoms with E-state index in [0.717, 1.165) is 31.4 Å². The smallest absolute Gasteiger partial charge is 0.255 e. The van der Waals surface area contributed by atoms with Crippen molar-refractivity contribution in [2.45, 2.75) is 37.1 Å². The molecule has 1 aliphatic carbocycles. The van der Waals surface area contributed by atoms with Gasteiger partial charge in [0, 0.05) is 23.7 Å². The number of benzene rings is 1. The quantitative estimate of drug-likeness (QED) is 0.671. The summed E-state index contributed by atoms with van der Waals surface area (Å²) in [5.74, 6) is 0.631. The Balaban J connectivity index is 1.50. The first kappa shape index (κ1) is 17.9. The summed E-state index contributed by atoms with van der Waals surface area (Å²) < 4.78 is 5.22. The number of piperidine rings is 1. The first-order valence-corrected chi connectivity index (χ1v) is 9.14. The third-order valence-electron chi connectivity index (χ3n) is 4.99. The van der Waals surface area contributed by atoms with Crippen LogP contribution in [-0.2, 0) is 9.59 Å². The second kappa shape index (κ2) is 7.95. The molecule has 25 heavy (non-hydrogen) atoms. The van der Waals surface area contributed by atoms with Crippen molar-refractivity contribution in [2.75, 3.05) is 18.5 Å². The van der Waals surface area contributed by atoms with E-state index in [2.05, 4.69) is 10.6 Å².